The number of rotatable bonds is 6. The van der Waals surface area contributed by atoms with Crippen molar-refractivity contribution in [2.24, 2.45) is 0 Å². The van der Waals surface area contributed by atoms with Gasteiger partial charge in [0.1, 0.15) is 0 Å². The highest BCUT2D eigenvalue weighted by molar-refractivity contribution is 7.10. The summed E-state index contributed by atoms with van der Waals surface area (Å²) < 4.78 is 0. The molecule has 0 aliphatic heterocycles. The van der Waals surface area contributed by atoms with E-state index in [0.717, 1.165) is 6.42 Å². The maximum absolute atomic E-state index is 12.0. The van der Waals surface area contributed by atoms with Crippen LogP contribution < -0.4 is 5.32 Å². The smallest absolute Gasteiger partial charge is 0.317 e. The number of hydrogen-bond acceptors (Lipinski definition) is 3. The number of carbonyl (C=O) groups excluding carboxylic acids is 1. The summed E-state index contributed by atoms with van der Waals surface area (Å²) in [4.78, 5) is 14.7. The molecule has 0 fully saturated rings. The van der Waals surface area contributed by atoms with Crippen LogP contribution in [0.25, 0.3) is 0 Å². The van der Waals surface area contributed by atoms with E-state index in [9.17, 15) is 9.90 Å². The second-order valence-corrected chi connectivity index (χ2v) is 5.46. The Morgan fingerprint density at radius 2 is 2.33 bits per heavy atom. The Morgan fingerprint density at radius 1 is 1.61 bits per heavy atom. The van der Waals surface area contributed by atoms with Crippen LogP contribution in [0.5, 0.6) is 0 Å². The van der Waals surface area contributed by atoms with Crippen LogP contribution in [0.15, 0.2) is 17.5 Å². The van der Waals surface area contributed by atoms with Crippen LogP contribution >= 0.6 is 11.3 Å². The molecule has 0 bridgehead atoms. The fourth-order valence-corrected chi connectivity index (χ4v) is 2.47. The predicted molar refractivity (Wildman–Crippen MR) is 74.8 cm³/mol. The molecule has 18 heavy (non-hydrogen) atoms. The van der Waals surface area contributed by atoms with Crippen molar-refractivity contribution >= 4 is 17.4 Å². The summed E-state index contributed by atoms with van der Waals surface area (Å²) >= 11 is 1.65. The van der Waals surface area contributed by atoms with Crippen molar-refractivity contribution in [2.45, 2.75) is 38.8 Å². The quantitative estimate of drug-likeness (QED) is 0.835. The summed E-state index contributed by atoms with van der Waals surface area (Å²) in [6.07, 6.45) is 1.09. The third kappa shape index (κ3) is 4.66. The number of urea groups is 1. The molecule has 2 amide bonds. The minimum atomic E-state index is -0.375. The second-order valence-electron chi connectivity index (χ2n) is 4.48. The molecule has 1 aromatic heterocycles. The van der Waals surface area contributed by atoms with Crippen LogP contribution in [0.3, 0.4) is 0 Å². The highest BCUT2D eigenvalue weighted by Gasteiger charge is 2.16. The molecule has 1 aromatic rings. The lowest BCUT2D eigenvalue weighted by Gasteiger charge is -2.22. The third-order valence-electron chi connectivity index (χ3n) is 2.82. The van der Waals surface area contributed by atoms with Gasteiger partial charge in [0.2, 0.25) is 0 Å². The topological polar surface area (TPSA) is 52.6 Å². The molecule has 1 rings (SSSR count). The first-order chi connectivity index (χ1) is 8.54. The van der Waals surface area contributed by atoms with Gasteiger partial charge in [0, 0.05) is 18.5 Å². The number of hydrogen-bond donors (Lipinski definition) is 2. The van der Waals surface area contributed by atoms with Crippen molar-refractivity contribution in [1.29, 1.82) is 0 Å². The first kappa shape index (κ1) is 15.0. The average Bonchev–Trinajstić information content (AvgIpc) is 2.86. The lowest BCUT2D eigenvalue weighted by atomic mass is 10.2. The van der Waals surface area contributed by atoms with Crippen molar-refractivity contribution in [3.05, 3.63) is 22.4 Å². The van der Waals surface area contributed by atoms with E-state index in [2.05, 4.69) is 12.2 Å². The van der Waals surface area contributed by atoms with Gasteiger partial charge in [-0.15, -0.1) is 11.3 Å². The van der Waals surface area contributed by atoms with E-state index in [4.69, 9.17) is 0 Å². The minimum absolute atomic E-state index is 0.0755. The molecule has 102 valence electrons. The fraction of sp³-hybridized carbons (Fsp3) is 0.615. The van der Waals surface area contributed by atoms with Crippen molar-refractivity contribution in [3.8, 4) is 0 Å². The predicted octanol–water partition coefficient (Wildman–Crippen LogP) is 2.61. The SMILES string of the molecule is CCC(NC(=O)N(C)CCC(C)O)c1cccs1. The summed E-state index contributed by atoms with van der Waals surface area (Å²) in [7, 11) is 1.75. The van der Waals surface area contributed by atoms with Gasteiger partial charge in [-0.05, 0) is 31.2 Å². The molecule has 0 saturated heterocycles. The summed E-state index contributed by atoms with van der Waals surface area (Å²) in [6, 6.07) is 4.02. The van der Waals surface area contributed by atoms with Gasteiger partial charge in [0.25, 0.3) is 0 Å². The molecule has 2 atom stereocenters. The zero-order valence-electron chi connectivity index (χ0n) is 11.2. The van der Waals surface area contributed by atoms with Gasteiger partial charge in [-0.1, -0.05) is 13.0 Å². The first-order valence-corrected chi connectivity index (χ1v) is 7.15. The molecule has 5 heteroatoms. The Balaban J connectivity index is 2.47. The number of nitrogens with zero attached hydrogens (tertiary/aromatic N) is 1. The van der Waals surface area contributed by atoms with E-state index in [-0.39, 0.29) is 18.2 Å². The lowest BCUT2D eigenvalue weighted by Crippen LogP contribution is -2.40. The van der Waals surface area contributed by atoms with Gasteiger partial charge >= 0.3 is 6.03 Å². The Morgan fingerprint density at radius 3 is 2.83 bits per heavy atom. The largest absolute Gasteiger partial charge is 0.393 e. The Bertz CT molecular complexity index is 352. The Kier molecular flexibility index (Phi) is 6.15. The molecule has 2 N–H and O–H groups in total. The lowest BCUT2D eigenvalue weighted by molar-refractivity contribution is 0.162. The third-order valence-corrected chi connectivity index (χ3v) is 3.81. The summed E-state index contributed by atoms with van der Waals surface area (Å²) in [5.74, 6) is 0. The number of nitrogens with one attached hydrogen (secondary N) is 1. The van der Waals surface area contributed by atoms with Crippen LogP contribution in [-0.4, -0.2) is 35.7 Å². The van der Waals surface area contributed by atoms with Crippen LogP contribution in [0.1, 0.15) is 37.6 Å². The van der Waals surface area contributed by atoms with Gasteiger partial charge in [0.15, 0.2) is 0 Å². The fourth-order valence-electron chi connectivity index (χ4n) is 1.61. The van der Waals surface area contributed by atoms with E-state index in [1.54, 1.807) is 30.2 Å². The van der Waals surface area contributed by atoms with Crippen molar-refractivity contribution in [3.63, 3.8) is 0 Å². The highest BCUT2D eigenvalue weighted by atomic mass is 32.1. The molecule has 0 radical (unpaired) electrons. The molecule has 0 aliphatic rings. The number of aliphatic hydroxyl groups excluding tert-OH is 1. The van der Waals surface area contributed by atoms with Gasteiger partial charge in [0.05, 0.1) is 12.1 Å². The van der Waals surface area contributed by atoms with E-state index >= 15 is 0 Å². The molecule has 4 nitrogen and oxygen atoms in total. The van der Waals surface area contributed by atoms with E-state index in [1.807, 2.05) is 17.5 Å². The van der Waals surface area contributed by atoms with Gasteiger partial charge < -0.3 is 15.3 Å². The second kappa shape index (κ2) is 7.38. The molecule has 0 aromatic carbocycles. The van der Waals surface area contributed by atoms with E-state index in [1.165, 1.54) is 4.88 Å². The highest BCUT2D eigenvalue weighted by Crippen LogP contribution is 2.21. The van der Waals surface area contributed by atoms with Gasteiger partial charge in [-0.2, -0.15) is 0 Å². The molecule has 2 unspecified atom stereocenters. The Hall–Kier alpha value is -1.07. The number of thiophene rings is 1. The van der Waals surface area contributed by atoms with Gasteiger partial charge in [-0.3, -0.25) is 0 Å². The summed E-state index contributed by atoms with van der Waals surface area (Å²) in [6.45, 7) is 4.34. The zero-order valence-corrected chi connectivity index (χ0v) is 12.0. The monoisotopic (exact) mass is 270 g/mol. The molecule has 0 spiro atoms. The van der Waals surface area contributed by atoms with Crippen molar-refractivity contribution in [2.75, 3.05) is 13.6 Å². The van der Waals surface area contributed by atoms with E-state index < -0.39 is 0 Å². The van der Waals surface area contributed by atoms with E-state index in [0.29, 0.717) is 13.0 Å². The summed E-state index contributed by atoms with van der Waals surface area (Å²) in [5.41, 5.74) is 0. The van der Waals surface area contributed by atoms with Crippen molar-refractivity contribution in [1.82, 2.24) is 10.2 Å². The molecular weight excluding hydrogens is 248 g/mol. The number of aliphatic hydroxyl groups is 1. The van der Waals surface area contributed by atoms with Gasteiger partial charge in [-0.25, -0.2) is 4.79 Å². The number of amides is 2. The standard InChI is InChI=1S/C13H22N2O2S/c1-4-11(12-6-5-9-18-12)14-13(17)15(3)8-7-10(2)16/h5-6,9-11,16H,4,7-8H2,1-3H3,(H,14,17). The molecular formula is C13H22N2O2S. The molecule has 0 aliphatic carbocycles. The van der Waals surface area contributed by atoms with Crippen molar-refractivity contribution < 1.29 is 9.90 Å². The minimum Gasteiger partial charge on any atom is -0.393 e. The van der Waals surface area contributed by atoms with Crippen LogP contribution in [0, 0.1) is 0 Å². The van der Waals surface area contributed by atoms with Crippen LogP contribution in [-0.2, 0) is 0 Å². The Labute approximate surface area is 113 Å². The normalized spacial score (nSPS) is 14.0. The van der Waals surface area contributed by atoms with Crippen LogP contribution in [0.2, 0.25) is 0 Å². The molecule has 1 heterocycles. The maximum Gasteiger partial charge on any atom is 0.317 e. The first-order valence-electron chi connectivity index (χ1n) is 6.27. The zero-order chi connectivity index (χ0) is 13.5. The summed E-state index contributed by atoms with van der Waals surface area (Å²) in [5, 5.41) is 14.2. The maximum atomic E-state index is 12.0. The number of carbonyl (C=O) groups is 1. The average molecular weight is 270 g/mol. The molecule has 0 saturated carbocycles. The van der Waals surface area contributed by atoms with Crippen LogP contribution in [0.4, 0.5) is 4.79 Å².